The number of nitriles is 1. The molecule has 39 heavy (non-hydrogen) atoms. The smallest absolute Gasteiger partial charge is 0.410 e. The summed E-state index contributed by atoms with van der Waals surface area (Å²) < 4.78 is 11.3. The molecule has 0 radical (unpaired) electrons. The Labute approximate surface area is 237 Å². The van der Waals surface area contributed by atoms with Gasteiger partial charge in [0.25, 0.3) is 0 Å². The van der Waals surface area contributed by atoms with Gasteiger partial charge >= 0.3 is 6.09 Å². The molecule has 2 saturated heterocycles. The van der Waals surface area contributed by atoms with Gasteiger partial charge in [0, 0.05) is 19.6 Å². The molecule has 2 aliphatic rings. The summed E-state index contributed by atoms with van der Waals surface area (Å²) in [4.78, 5) is 28.1. The van der Waals surface area contributed by atoms with E-state index in [0.717, 1.165) is 48.1 Å². The molecule has 2 N–H and O–H groups in total. The molecule has 2 heterocycles. The van der Waals surface area contributed by atoms with Gasteiger partial charge in [0.1, 0.15) is 11.8 Å². The quantitative estimate of drug-likeness (QED) is 0.502. The van der Waals surface area contributed by atoms with Crippen molar-refractivity contribution in [1.29, 1.82) is 5.26 Å². The summed E-state index contributed by atoms with van der Waals surface area (Å²) in [6, 6.07) is 17.3. The van der Waals surface area contributed by atoms with E-state index < -0.39 is 6.04 Å². The summed E-state index contributed by atoms with van der Waals surface area (Å²) in [7, 11) is 0. The van der Waals surface area contributed by atoms with Crippen molar-refractivity contribution in [1.82, 2.24) is 9.80 Å². The molecule has 0 aliphatic carbocycles. The van der Waals surface area contributed by atoms with Gasteiger partial charge in [0.2, 0.25) is 5.91 Å². The molecule has 0 spiro atoms. The number of nitrogens with zero attached hydrogens (tertiary/aromatic N) is 3. The second-order valence-corrected chi connectivity index (χ2v) is 10.5. The fourth-order valence-electron chi connectivity index (χ4n) is 5.07. The van der Waals surface area contributed by atoms with Crippen LogP contribution in [0.25, 0.3) is 11.1 Å². The van der Waals surface area contributed by atoms with Crippen LogP contribution in [0.5, 0.6) is 5.75 Å². The zero-order valence-electron chi connectivity index (χ0n) is 22.8. The standard InChI is InChI=1S/C30H38N4O4.ClH/c1-21(2)38-30(36)33-16-13-23(14-17-33)20-37-27-11-9-25(10-12-27)24-7-5-22(6-8-24)18-28(32)29(35)34-15-3-4-26(34)19-31;/h5-12,21,23,26,28H,3-4,13-18,20,32H2,1-2H3;1H/t26-,28-;/m0./s1. The number of hydrogen-bond donors (Lipinski definition) is 1. The predicted molar refractivity (Wildman–Crippen MR) is 153 cm³/mol. The molecule has 9 heteroatoms. The van der Waals surface area contributed by atoms with Crippen LogP contribution in [-0.2, 0) is 16.0 Å². The van der Waals surface area contributed by atoms with Gasteiger partial charge in [0.15, 0.2) is 0 Å². The lowest BCUT2D eigenvalue weighted by atomic mass is 9.98. The average molecular weight is 555 g/mol. The van der Waals surface area contributed by atoms with Crippen molar-refractivity contribution in [3.05, 3.63) is 54.1 Å². The summed E-state index contributed by atoms with van der Waals surface area (Å²) in [5.41, 5.74) is 9.34. The molecular weight excluding hydrogens is 516 g/mol. The molecule has 2 aliphatic heterocycles. The van der Waals surface area contributed by atoms with E-state index in [0.29, 0.717) is 38.6 Å². The largest absolute Gasteiger partial charge is 0.493 e. The number of carbonyl (C=O) groups excluding carboxylic acids is 2. The third-order valence-corrected chi connectivity index (χ3v) is 7.29. The maximum absolute atomic E-state index is 12.7. The van der Waals surface area contributed by atoms with Crippen molar-refractivity contribution in [3.8, 4) is 22.9 Å². The van der Waals surface area contributed by atoms with Crippen molar-refractivity contribution in [2.24, 2.45) is 11.7 Å². The first-order chi connectivity index (χ1) is 18.3. The Balaban J connectivity index is 0.00000420. The zero-order chi connectivity index (χ0) is 27.1. The maximum atomic E-state index is 12.7. The van der Waals surface area contributed by atoms with Crippen molar-refractivity contribution in [3.63, 3.8) is 0 Å². The average Bonchev–Trinajstić information content (AvgIpc) is 3.41. The number of ether oxygens (including phenoxy) is 2. The Morgan fingerprint density at radius 2 is 1.62 bits per heavy atom. The molecule has 2 atom stereocenters. The van der Waals surface area contributed by atoms with E-state index in [1.54, 1.807) is 9.80 Å². The SMILES string of the molecule is CC(C)OC(=O)N1CCC(COc2ccc(-c3ccc(C[C@H](N)C(=O)N4CCC[C@H]4C#N)cc3)cc2)CC1.Cl. The lowest BCUT2D eigenvalue weighted by Crippen LogP contribution is -2.46. The van der Waals surface area contributed by atoms with Gasteiger partial charge in [-0.3, -0.25) is 4.79 Å². The molecular formula is C30H39ClN4O4. The summed E-state index contributed by atoms with van der Waals surface area (Å²) in [5.74, 6) is 1.10. The molecule has 8 nitrogen and oxygen atoms in total. The first kappa shape index (κ1) is 30.3. The van der Waals surface area contributed by atoms with Crippen molar-refractivity contribution in [2.45, 2.75) is 64.1 Å². The molecule has 4 rings (SSSR count). The summed E-state index contributed by atoms with van der Waals surface area (Å²) in [5, 5.41) is 9.24. The molecule has 2 aromatic carbocycles. The molecule has 0 aromatic heterocycles. The van der Waals surface area contributed by atoms with E-state index in [-0.39, 0.29) is 36.6 Å². The van der Waals surface area contributed by atoms with Gasteiger partial charge < -0.3 is 25.0 Å². The van der Waals surface area contributed by atoms with E-state index in [2.05, 4.69) is 6.07 Å². The van der Waals surface area contributed by atoms with E-state index in [1.165, 1.54) is 0 Å². The molecule has 0 unspecified atom stereocenters. The predicted octanol–water partition coefficient (Wildman–Crippen LogP) is 4.80. The van der Waals surface area contributed by atoms with Crippen LogP contribution in [-0.4, -0.2) is 66.2 Å². The van der Waals surface area contributed by atoms with Crippen LogP contribution >= 0.6 is 12.4 Å². The van der Waals surface area contributed by atoms with Gasteiger partial charge in [0.05, 0.1) is 24.8 Å². The number of likely N-dealkylation sites (tertiary alicyclic amines) is 2. The molecule has 0 saturated carbocycles. The van der Waals surface area contributed by atoms with E-state index >= 15 is 0 Å². The minimum absolute atomic E-state index is 0. The van der Waals surface area contributed by atoms with Crippen molar-refractivity contribution < 1.29 is 19.1 Å². The Kier molecular flexibility index (Phi) is 11.0. The van der Waals surface area contributed by atoms with Crippen LogP contribution in [0, 0.1) is 17.2 Å². The van der Waals surface area contributed by atoms with E-state index in [4.69, 9.17) is 15.2 Å². The highest BCUT2D eigenvalue weighted by Crippen LogP contribution is 2.25. The lowest BCUT2D eigenvalue weighted by molar-refractivity contribution is -0.132. The topological polar surface area (TPSA) is 109 Å². The van der Waals surface area contributed by atoms with Crippen LogP contribution in [0.3, 0.4) is 0 Å². The minimum Gasteiger partial charge on any atom is -0.493 e. The lowest BCUT2D eigenvalue weighted by Gasteiger charge is -2.31. The number of carbonyl (C=O) groups is 2. The third-order valence-electron chi connectivity index (χ3n) is 7.29. The Bertz CT molecular complexity index is 1130. The Morgan fingerprint density at radius 3 is 2.21 bits per heavy atom. The van der Waals surface area contributed by atoms with Crippen LogP contribution in [0.1, 0.15) is 45.1 Å². The fraction of sp³-hybridized carbons (Fsp3) is 0.500. The highest BCUT2D eigenvalue weighted by atomic mass is 35.5. The summed E-state index contributed by atoms with van der Waals surface area (Å²) in [6.45, 7) is 6.37. The number of piperidine rings is 1. The van der Waals surface area contributed by atoms with Gasteiger partial charge in [-0.25, -0.2) is 4.79 Å². The van der Waals surface area contributed by atoms with Crippen LogP contribution in [0.4, 0.5) is 4.79 Å². The Hall–Kier alpha value is -3.28. The highest BCUT2D eigenvalue weighted by Gasteiger charge is 2.31. The maximum Gasteiger partial charge on any atom is 0.410 e. The van der Waals surface area contributed by atoms with Crippen molar-refractivity contribution >= 4 is 24.4 Å². The number of benzene rings is 2. The molecule has 2 fully saturated rings. The van der Waals surface area contributed by atoms with Gasteiger partial charge in [-0.05, 0) is 80.7 Å². The van der Waals surface area contributed by atoms with Crippen LogP contribution in [0.15, 0.2) is 48.5 Å². The summed E-state index contributed by atoms with van der Waals surface area (Å²) >= 11 is 0. The minimum atomic E-state index is -0.646. The number of hydrogen-bond acceptors (Lipinski definition) is 6. The third kappa shape index (κ3) is 8.11. The normalized spacial score (nSPS) is 18.3. The first-order valence-corrected chi connectivity index (χ1v) is 13.6. The monoisotopic (exact) mass is 554 g/mol. The Morgan fingerprint density at radius 1 is 1.00 bits per heavy atom. The summed E-state index contributed by atoms with van der Waals surface area (Å²) in [6.07, 6.45) is 3.51. The van der Waals surface area contributed by atoms with Gasteiger partial charge in [-0.2, -0.15) is 5.26 Å². The van der Waals surface area contributed by atoms with Gasteiger partial charge in [-0.1, -0.05) is 36.4 Å². The van der Waals surface area contributed by atoms with Crippen molar-refractivity contribution in [2.75, 3.05) is 26.2 Å². The van der Waals surface area contributed by atoms with Crippen LogP contribution in [0.2, 0.25) is 0 Å². The highest BCUT2D eigenvalue weighted by molar-refractivity contribution is 5.85. The number of rotatable bonds is 8. The van der Waals surface area contributed by atoms with Crippen LogP contribution < -0.4 is 10.5 Å². The number of nitrogens with two attached hydrogens (primary N) is 1. The fourth-order valence-corrected chi connectivity index (χ4v) is 5.07. The number of amides is 2. The second-order valence-electron chi connectivity index (χ2n) is 10.5. The molecule has 2 amide bonds. The van der Waals surface area contributed by atoms with E-state index in [9.17, 15) is 14.9 Å². The molecule has 2 aromatic rings. The van der Waals surface area contributed by atoms with Gasteiger partial charge in [-0.15, -0.1) is 12.4 Å². The van der Waals surface area contributed by atoms with E-state index in [1.807, 2.05) is 62.4 Å². The zero-order valence-corrected chi connectivity index (χ0v) is 23.6. The first-order valence-electron chi connectivity index (χ1n) is 13.6. The number of halogens is 1. The molecule has 210 valence electrons. The molecule has 0 bridgehead atoms. The second kappa shape index (κ2) is 14.2.